The molecule has 3 heterocycles. The van der Waals surface area contributed by atoms with Crippen molar-refractivity contribution in [3.05, 3.63) is 23.0 Å². The Morgan fingerprint density at radius 2 is 2.26 bits per heavy atom. The molecule has 1 fully saturated rings. The molecule has 2 aliphatic rings. The van der Waals surface area contributed by atoms with E-state index in [4.69, 9.17) is 4.74 Å². The van der Waals surface area contributed by atoms with E-state index in [-0.39, 0.29) is 17.2 Å². The Kier molecular flexibility index (Phi) is 4.08. The van der Waals surface area contributed by atoms with Crippen LogP contribution < -0.4 is 4.74 Å². The van der Waals surface area contributed by atoms with Gasteiger partial charge in [-0.25, -0.2) is 9.78 Å². The lowest BCUT2D eigenvalue weighted by Crippen LogP contribution is -2.36. The highest BCUT2D eigenvalue weighted by Gasteiger charge is 2.38. The zero-order valence-corrected chi connectivity index (χ0v) is 14.4. The monoisotopic (exact) mass is 318 g/mol. The fourth-order valence-electron chi connectivity index (χ4n) is 3.68. The molecule has 1 N–H and O–H groups in total. The Bertz CT molecular complexity index is 627. The quantitative estimate of drug-likeness (QED) is 0.927. The molecule has 0 amide bonds. The predicted molar refractivity (Wildman–Crippen MR) is 88.1 cm³/mol. The van der Waals surface area contributed by atoms with Crippen LogP contribution in [0.5, 0.6) is 5.75 Å². The average Bonchev–Trinajstić information content (AvgIpc) is 2.81. The lowest BCUT2D eigenvalue weighted by molar-refractivity contribution is 0.0689. The maximum Gasteiger partial charge on any atom is 0.354 e. The van der Waals surface area contributed by atoms with Gasteiger partial charge in [0, 0.05) is 23.6 Å². The summed E-state index contributed by atoms with van der Waals surface area (Å²) in [4.78, 5) is 18.3. The number of hydrogen-bond acceptors (Lipinski definition) is 4. The van der Waals surface area contributed by atoms with Crippen molar-refractivity contribution in [2.75, 3.05) is 19.7 Å². The lowest BCUT2D eigenvalue weighted by Gasteiger charge is -2.36. The topological polar surface area (TPSA) is 62.7 Å². The SMILES string of the molecule is CC(c1cc(C(=O)O)nc2c1OCC2(C)C)N1CCC[C@H](C)C1. The number of likely N-dealkylation sites (tertiary alicyclic amines) is 1. The second-order valence-corrected chi connectivity index (χ2v) is 7.67. The van der Waals surface area contributed by atoms with Gasteiger partial charge >= 0.3 is 5.97 Å². The van der Waals surface area contributed by atoms with Gasteiger partial charge in [-0.05, 0) is 38.3 Å². The Morgan fingerprint density at radius 3 is 2.91 bits per heavy atom. The summed E-state index contributed by atoms with van der Waals surface area (Å²) in [5, 5.41) is 9.43. The zero-order chi connectivity index (χ0) is 16.8. The van der Waals surface area contributed by atoms with Gasteiger partial charge in [-0.1, -0.05) is 20.8 Å². The van der Waals surface area contributed by atoms with Crippen LogP contribution in [0.15, 0.2) is 6.07 Å². The Balaban J connectivity index is 2.03. The van der Waals surface area contributed by atoms with Crippen LogP contribution in [0.4, 0.5) is 0 Å². The van der Waals surface area contributed by atoms with E-state index in [1.165, 1.54) is 12.8 Å². The van der Waals surface area contributed by atoms with Crippen molar-refractivity contribution in [1.82, 2.24) is 9.88 Å². The zero-order valence-electron chi connectivity index (χ0n) is 14.4. The maximum atomic E-state index is 11.5. The summed E-state index contributed by atoms with van der Waals surface area (Å²) in [7, 11) is 0. The minimum Gasteiger partial charge on any atom is -0.490 e. The Hall–Kier alpha value is -1.62. The second kappa shape index (κ2) is 5.78. The predicted octanol–water partition coefficient (Wildman–Crippen LogP) is 3.24. The molecule has 0 bridgehead atoms. The molecule has 1 unspecified atom stereocenters. The number of aromatic carboxylic acids is 1. The normalized spacial score (nSPS) is 24.8. The van der Waals surface area contributed by atoms with Crippen molar-refractivity contribution in [1.29, 1.82) is 0 Å². The molecule has 1 aromatic rings. The molecule has 2 aliphatic heterocycles. The van der Waals surface area contributed by atoms with E-state index in [0.29, 0.717) is 12.5 Å². The van der Waals surface area contributed by atoms with Crippen molar-refractivity contribution in [3.8, 4) is 5.75 Å². The highest BCUT2D eigenvalue weighted by atomic mass is 16.5. The summed E-state index contributed by atoms with van der Waals surface area (Å²) in [6, 6.07) is 1.84. The summed E-state index contributed by atoms with van der Waals surface area (Å²) in [5.74, 6) is 0.499. The third-order valence-corrected chi connectivity index (χ3v) is 5.13. The fraction of sp³-hybridized carbons (Fsp3) is 0.667. The highest BCUT2D eigenvalue weighted by Crippen LogP contribution is 2.43. The molecule has 0 aromatic carbocycles. The van der Waals surface area contributed by atoms with E-state index < -0.39 is 5.97 Å². The van der Waals surface area contributed by atoms with Crippen molar-refractivity contribution >= 4 is 5.97 Å². The number of ether oxygens (including phenoxy) is 1. The summed E-state index contributed by atoms with van der Waals surface area (Å²) >= 11 is 0. The van der Waals surface area contributed by atoms with Crippen LogP contribution in [-0.2, 0) is 5.41 Å². The third-order valence-electron chi connectivity index (χ3n) is 5.13. The number of carboxylic acids is 1. The number of hydrogen-bond donors (Lipinski definition) is 1. The molecular weight excluding hydrogens is 292 g/mol. The van der Waals surface area contributed by atoms with Gasteiger partial charge in [0.15, 0.2) is 0 Å². The number of fused-ring (bicyclic) bond motifs is 1. The summed E-state index contributed by atoms with van der Waals surface area (Å²) < 4.78 is 5.94. The van der Waals surface area contributed by atoms with Crippen LogP contribution in [0, 0.1) is 5.92 Å². The van der Waals surface area contributed by atoms with Gasteiger partial charge in [-0.15, -0.1) is 0 Å². The van der Waals surface area contributed by atoms with Gasteiger partial charge in [-0.3, -0.25) is 4.90 Å². The smallest absolute Gasteiger partial charge is 0.354 e. The van der Waals surface area contributed by atoms with Gasteiger partial charge in [0.05, 0.1) is 12.3 Å². The first kappa shape index (κ1) is 16.2. The first-order chi connectivity index (χ1) is 10.8. The minimum absolute atomic E-state index is 0.120. The van der Waals surface area contributed by atoms with Gasteiger partial charge in [0.1, 0.15) is 11.4 Å². The summed E-state index contributed by atoms with van der Waals surface area (Å²) in [6.45, 7) is 11.2. The molecule has 0 aliphatic carbocycles. The lowest BCUT2D eigenvalue weighted by atomic mass is 9.89. The second-order valence-electron chi connectivity index (χ2n) is 7.67. The number of carbonyl (C=O) groups is 1. The van der Waals surface area contributed by atoms with Crippen LogP contribution in [0.1, 0.15) is 68.3 Å². The molecule has 126 valence electrons. The van der Waals surface area contributed by atoms with Crippen molar-refractivity contribution in [2.45, 2.75) is 52.0 Å². The van der Waals surface area contributed by atoms with E-state index in [1.807, 2.05) is 0 Å². The Labute approximate surface area is 137 Å². The van der Waals surface area contributed by atoms with Crippen LogP contribution in [0.3, 0.4) is 0 Å². The Morgan fingerprint density at radius 1 is 1.52 bits per heavy atom. The van der Waals surface area contributed by atoms with E-state index >= 15 is 0 Å². The summed E-state index contributed by atoms with van der Waals surface area (Å²) in [5.41, 5.74) is 1.62. The molecule has 5 nitrogen and oxygen atoms in total. The molecule has 1 aromatic heterocycles. The van der Waals surface area contributed by atoms with E-state index in [9.17, 15) is 9.90 Å². The molecule has 5 heteroatoms. The maximum absolute atomic E-state index is 11.5. The van der Waals surface area contributed by atoms with Crippen LogP contribution in [0.25, 0.3) is 0 Å². The minimum atomic E-state index is -0.976. The van der Waals surface area contributed by atoms with Gasteiger partial charge in [-0.2, -0.15) is 0 Å². The van der Waals surface area contributed by atoms with Gasteiger partial charge < -0.3 is 9.84 Å². The first-order valence-corrected chi connectivity index (χ1v) is 8.45. The van der Waals surface area contributed by atoms with Crippen molar-refractivity contribution in [3.63, 3.8) is 0 Å². The highest BCUT2D eigenvalue weighted by molar-refractivity contribution is 5.86. The van der Waals surface area contributed by atoms with Crippen LogP contribution in [-0.4, -0.2) is 40.7 Å². The fourth-order valence-corrected chi connectivity index (χ4v) is 3.68. The van der Waals surface area contributed by atoms with Crippen LogP contribution >= 0.6 is 0 Å². The number of nitrogens with zero attached hydrogens (tertiary/aromatic N) is 2. The van der Waals surface area contributed by atoms with Crippen molar-refractivity contribution < 1.29 is 14.6 Å². The molecule has 23 heavy (non-hydrogen) atoms. The number of piperidine rings is 1. The number of pyridine rings is 1. The van der Waals surface area contributed by atoms with E-state index in [2.05, 4.69) is 37.6 Å². The largest absolute Gasteiger partial charge is 0.490 e. The molecule has 0 saturated carbocycles. The first-order valence-electron chi connectivity index (χ1n) is 8.45. The molecule has 0 radical (unpaired) electrons. The van der Waals surface area contributed by atoms with E-state index in [0.717, 1.165) is 30.1 Å². The number of aromatic nitrogens is 1. The molecule has 0 spiro atoms. The van der Waals surface area contributed by atoms with E-state index in [1.54, 1.807) is 6.07 Å². The van der Waals surface area contributed by atoms with Crippen LogP contribution in [0.2, 0.25) is 0 Å². The van der Waals surface area contributed by atoms with Gasteiger partial charge in [0.25, 0.3) is 0 Å². The summed E-state index contributed by atoms with van der Waals surface area (Å²) in [6.07, 6.45) is 2.46. The molecular formula is C18H26N2O3. The molecule has 2 atom stereocenters. The molecule has 1 saturated heterocycles. The van der Waals surface area contributed by atoms with Gasteiger partial charge in [0.2, 0.25) is 0 Å². The molecule has 3 rings (SSSR count). The third kappa shape index (κ3) is 2.94. The standard InChI is InChI=1S/C18H26N2O3/c1-11-6-5-7-20(9-11)12(2)13-8-14(17(21)22)19-16-15(13)23-10-18(16,3)4/h8,11-12H,5-7,9-10H2,1-4H3,(H,21,22)/t11-,12?/m0/s1. The van der Waals surface area contributed by atoms with Crippen molar-refractivity contribution in [2.24, 2.45) is 5.92 Å². The number of carboxylic acid groups (broad SMARTS) is 1. The number of rotatable bonds is 3. The average molecular weight is 318 g/mol.